The van der Waals surface area contributed by atoms with Gasteiger partial charge in [-0.2, -0.15) is 0 Å². The van der Waals surface area contributed by atoms with E-state index in [1.165, 1.54) is 17.4 Å². The minimum absolute atomic E-state index is 0.129. The van der Waals surface area contributed by atoms with Crippen LogP contribution in [-0.2, 0) is 6.42 Å². The van der Waals surface area contributed by atoms with Gasteiger partial charge >= 0.3 is 0 Å². The Balaban J connectivity index is 2.10. The topological polar surface area (TPSA) is 81.0 Å². The van der Waals surface area contributed by atoms with Crippen molar-refractivity contribution in [1.29, 1.82) is 0 Å². The molecule has 0 fully saturated rings. The van der Waals surface area contributed by atoms with Crippen molar-refractivity contribution < 1.29 is 4.92 Å². The number of nitro groups is 1. The lowest BCUT2D eigenvalue weighted by Crippen LogP contribution is -2.24. The predicted octanol–water partition coefficient (Wildman–Crippen LogP) is 2.96. The molecule has 0 radical (unpaired) electrons. The first-order valence-electron chi connectivity index (χ1n) is 6.78. The van der Waals surface area contributed by atoms with Crippen LogP contribution >= 0.6 is 11.3 Å². The van der Waals surface area contributed by atoms with Crippen molar-refractivity contribution in [3.63, 3.8) is 0 Å². The van der Waals surface area contributed by atoms with Crippen LogP contribution in [0, 0.1) is 17.0 Å². The Hall–Kier alpha value is -1.86. The molecule has 0 saturated carbocycles. The molecule has 0 aliphatic carbocycles. The zero-order valence-electron chi connectivity index (χ0n) is 12.3. The fourth-order valence-corrected chi connectivity index (χ4v) is 2.77. The van der Waals surface area contributed by atoms with Gasteiger partial charge in [0.15, 0.2) is 0 Å². The Morgan fingerprint density at radius 3 is 2.76 bits per heavy atom. The van der Waals surface area contributed by atoms with Gasteiger partial charge in [0.05, 0.1) is 4.92 Å². The molecule has 0 aliphatic rings. The molecule has 0 amide bonds. The lowest BCUT2D eigenvalue weighted by molar-refractivity contribution is -0.385. The van der Waals surface area contributed by atoms with Crippen LogP contribution in [0.5, 0.6) is 0 Å². The number of rotatable bonds is 6. The van der Waals surface area contributed by atoms with Crippen molar-refractivity contribution >= 4 is 17.0 Å². The third kappa shape index (κ3) is 4.05. The summed E-state index contributed by atoms with van der Waals surface area (Å²) in [6, 6.07) is 5.48. The maximum Gasteiger partial charge on any atom is 0.272 e. The number of benzene rings is 1. The maximum atomic E-state index is 10.8. The van der Waals surface area contributed by atoms with Gasteiger partial charge in [0.1, 0.15) is 10.0 Å². The van der Waals surface area contributed by atoms with Crippen LogP contribution < -0.4 is 5.32 Å². The third-order valence-electron chi connectivity index (χ3n) is 3.00. The molecule has 0 spiro atoms. The lowest BCUT2D eigenvalue weighted by atomic mass is 10.1. The fourth-order valence-electron chi connectivity index (χ4n) is 1.93. The van der Waals surface area contributed by atoms with E-state index in [9.17, 15) is 10.1 Å². The van der Waals surface area contributed by atoms with Crippen molar-refractivity contribution in [3.8, 4) is 10.6 Å². The van der Waals surface area contributed by atoms with E-state index in [0.717, 1.165) is 28.5 Å². The van der Waals surface area contributed by atoms with Gasteiger partial charge in [0.2, 0.25) is 0 Å². The molecule has 0 saturated heterocycles. The van der Waals surface area contributed by atoms with E-state index < -0.39 is 0 Å². The summed E-state index contributed by atoms with van der Waals surface area (Å²) in [5, 5.41) is 24.3. The Bertz CT molecular complexity index is 640. The average Bonchev–Trinajstić information content (AvgIpc) is 2.86. The summed E-state index contributed by atoms with van der Waals surface area (Å²) in [4.78, 5) is 10.4. The Morgan fingerprint density at radius 1 is 1.38 bits per heavy atom. The van der Waals surface area contributed by atoms with Crippen LogP contribution in [0.15, 0.2) is 18.2 Å². The fraction of sp³-hybridized carbons (Fsp3) is 0.429. The number of hydrogen-bond donors (Lipinski definition) is 1. The van der Waals surface area contributed by atoms with Crippen LogP contribution in [0.1, 0.15) is 24.4 Å². The molecule has 6 nitrogen and oxygen atoms in total. The van der Waals surface area contributed by atoms with Gasteiger partial charge < -0.3 is 5.32 Å². The second-order valence-electron chi connectivity index (χ2n) is 5.12. The second-order valence-corrected chi connectivity index (χ2v) is 6.18. The molecular formula is C14H18N4O2S. The highest BCUT2D eigenvalue weighted by molar-refractivity contribution is 7.14. The van der Waals surface area contributed by atoms with E-state index in [2.05, 4.69) is 29.4 Å². The van der Waals surface area contributed by atoms with Crippen LogP contribution in [-0.4, -0.2) is 27.7 Å². The zero-order chi connectivity index (χ0) is 15.4. The molecule has 1 heterocycles. The Kier molecular flexibility index (Phi) is 4.98. The SMILES string of the molecule is Cc1cc(-c2nnc(CCNC(C)C)s2)ccc1[N+](=O)[O-]. The highest BCUT2D eigenvalue weighted by atomic mass is 32.1. The van der Waals surface area contributed by atoms with Crippen molar-refractivity contribution in [1.82, 2.24) is 15.5 Å². The zero-order valence-corrected chi connectivity index (χ0v) is 13.1. The lowest BCUT2D eigenvalue weighted by Gasteiger charge is -2.05. The summed E-state index contributed by atoms with van der Waals surface area (Å²) in [7, 11) is 0. The summed E-state index contributed by atoms with van der Waals surface area (Å²) < 4.78 is 0. The number of aromatic nitrogens is 2. The van der Waals surface area contributed by atoms with Gasteiger partial charge in [-0.25, -0.2) is 0 Å². The molecule has 0 unspecified atom stereocenters. The summed E-state index contributed by atoms with van der Waals surface area (Å²) in [6.45, 7) is 6.80. The molecule has 0 bridgehead atoms. The third-order valence-corrected chi connectivity index (χ3v) is 4.03. The van der Waals surface area contributed by atoms with Crippen LogP contribution in [0.25, 0.3) is 10.6 Å². The van der Waals surface area contributed by atoms with Crippen LogP contribution in [0.4, 0.5) is 5.69 Å². The van der Waals surface area contributed by atoms with Crippen LogP contribution in [0.2, 0.25) is 0 Å². The molecule has 2 aromatic rings. The van der Waals surface area contributed by atoms with Crippen molar-refractivity contribution in [2.75, 3.05) is 6.54 Å². The van der Waals surface area contributed by atoms with Gasteiger partial charge in [-0.1, -0.05) is 25.2 Å². The number of nitrogens with one attached hydrogen (secondary N) is 1. The van der Waals surface area contributed by atoms with Gasteiger partial charge in [0, 0.05) is 36.2 Å². The molecule has 1 aromatic heterocycles. The minimum atomic E-state index is -0.373. The van der Waals surface area contributed by atoms with E-state index in [0.29, 0.717) is 11.6 Å². The molecule has 112 valence electrons. The van der Waals surface area contributed by atoms with E-state index in [1.54, 1.807) is 19.1 Å². The number of nitrogens with zero attached hydrogens (tertiary/aromatic N) is 3. The highest BCUT2D eigenvalue weighted by Crippen LogP contribution is 2.28. The molecule has 2 rings (SSSR count). The van der Waals surface area contributed by atoms with E-state index >= 15 is 0 Å². The number of aryl methyl sites for hydroxylation is 1. The summed E-state index contributed by atoms with van der Waals surface area (Å²) in [5.41, 5.74) is 1.64. The molecular weight excluding hydrogens is 288 g/mol. The second kappa shape index (κ2) is 6.73. The first-order valence-corrected chi connectivity index (χ1v) is 7.60. The highest BCUT2D eigenvalue weighted by Gasteiger charge is 2.13. The van der Waals surface area contributed by atoms with Gasteiger partial charge in [-0.15, -0.1) is 10.2 Å². The largest absolute Gasteiger partial charge is 0.314 e. The quantitative estimate of drug-likeness (QED) is 0.655. The summed E-state index contributed by atoms with van der Waals surface area (Å²) >= 11 is 1.53. The maximum absolute atomic E-state index is 10.8. The van der Waals surface area contributed by atoms with Crippen LogP contribution in [0.3, 0.4) is 0 Å². The Morgan fingerprint density at radius 2 is 2.14 bits per heavy atom. The summed E-state index contributed by atoms with van der Waals surface area (Å²) in [6.07, 6.45) is 0.835. The van der Waals surface area contributed by atoms with E-state index in [-0.39, 0.29) is 10.6 Å². The molecule has 7 heteroatoms. The molecule has 21 heavy (non-hydrogen) atoms. The average molecular weight is 306 g/mol. The summed E-state index contributed by atoms with van der Waals surface area (Å²) in [5.74, 6) is 0. The molecule has 0 atom stereocenters. The van der Waals surface area contributed by atoms with Crippen molar-refractivity contribution in [2.24, 2.45) is 0 Å². The van der Waals surface area contributed by atoms with E-state index in [4.69, 9.17) is 0 Å². The Labute approximate surface area is 127 Å². The number of nitro benzene ring substituents is 1. The minimum Gasteiger partial charge on any atom is -0.314 e. The normalized spacial score (nSPS) is 11.0. The van der Waals surface area contributed by atoms with Crippen molar-refractivity contribution in [2.45, 2.75) is 33.2 Å². The van der Waals surface area contributed by atoms with Gasteiger partial charge in [-0.3, -0.25) is 10.1 Å². The standard InChI is InChI=1S/C14H18N4O2S/c1-9(2)15-7-6-13-16-17-14(21-13)11-4-5-12(18(19)20)10(3)8-11/h4-5,8-9,15H,6-7H2,1-3H3. The molecule has 0 aliphatic heterocycles. The smallest absolute Gasteiger partial charge is 0.272 e. The monoisotopic (exact) mass is 306 g/mol. The van der Waals surface area contributed by atoms with Crippen molar-refractivity contribution in [3.05, 3.63) is 38.9 Å². The predicted molar refractivity (Wildman–Crippen MR) is 83.6 cm³/mol. The molecule has 1 N–H and O–H groups in total. The number of hydrogen-bond acceptors (Lipinski definition) is 6. The first kappa shape index (κ1) is 15.5. The molecule has 1 aromatic carbocycles. The van der Waals surface area contributed by atoms with Gasteiger partial charge in [0.25, 0.3) is 5.69 Å². The van der Waals surface area contributed by atoms with Gasteiger partial charge in [-0.05, 0) is 19.1 Å². The first-order chi connectivity index (χ1) is 9.97. The van der Waals surface area contributed by atoms with E-state index in [1.807, 2.05) is 0 Å².